The van der Waals surface area contributed by atoms with Crippen molar-refractivity contribution in [2.75, 3.05) is 6.61 Å². The van der Waals surface area contributed by atoms with Crippen LogP contribution in [0.25, 0.3) is 0 Å². The van der Waals surface area contributed by atoms with Gasteiger partial charge in [0, 0.05) is 0 Å². The first-order valence-electron chi connectivity index (χ1n) is 3.59. The first kappa shape index (κ1) is 10.5. The minimum absolute atomic E-state index is 0.328. The summed E-state index contributed by atoms with van der Waals surface area (Å²) in [6, 6.07) is 1.74. The fourth-order valence-corrected chi connectivity index (χ4v) is 0.503. The molecule has 0 spiro atoms. The van der Waals surface area contributed by atoms with Crippen LogP contribution in [0, 0.1) is 11.3 Å². The van der Waals surface area contributed by atoms with E-state index in [1.165, 1.54) is 6.26 Å². The Hall–Kier alpha value is -1.50. The molecular weight excluding hydrogens is 158 g/mol. The van der Waals surface area contributed by atoms with Crippen molar-refractivity contribution in [1.82, 2.24) is 0 Å². The molecular formula is C8H11NO3. The molecule has 0 saturated carbocycles. The molecule has 4 nitrogen and oxygen atoms in total. The van der Waals surface area contributed by atoms with Gasteiger partial charge in [0.05, 0.1) is 25.0 Å². The highest BCUT2D eigenvalue weighted by atomic mass is 16.6. The second-order valence-electron chi connectivity index (χ2n) is 1.96. The Morgan fingerprint density at radius 3 is 2.92 bits per heavy atom. The Kier molecular flexibility index (Phi) is 5.45. The van der Waals surface area contributed by atoms with Crippen molar-refractivity contribution in [1.29, 1.82) is 5.26 Å². The number of hydrogen-bond donors (Lipinski definition) is 0. The normalized spacial score (nSPS) is 12.1. The van der Waals surface area contributed by atoms with Gasteiger partial charge in [0.25, 0.3) is 0 Å². The van der Waals surface area contributed by atoms with E-state index in [-0.39, 0.29) is 0 Å². The molecule has 0 aliphatic heterocycles. The molecule has 0 rings (SSSR count). The maximum Gasteiger partial charge on any atom is 0.346 e. The Bertz CT molecular complexity index is 205. The van der Waals surface area contributed by atoms with Gasteiger partial charge in [0.2, 0.25) is 0 Å². The van der Waals surface area contributed by atoms with Gasteiger partial charge in [-0.2, -0.15) is 5.26 Å². The molecule has 0 aromatic heterocycles. The van der Waals surface area contributed by atoms with E-state index in [2.05, 4.69) is 4.74 Å². The molecule has 1 atom stereocenters. The number of nitrogens with zero attached hydrogens (tertiary/aromatic N) is 1. The van der Waals surface area contributed by atoms with Crippen molar-refractivity contribution in [3.63, 3.8) is 0 Å². The molecule has 0 aliphatic rings. The van der Waals surface area contributed by atoms with Gasteiger partial charge in [-0.1, -0.05) is 0 Å². The third-order valence-electron chi connectivity index (χ3n) is 1.04. The first-order valence-corrected chi connectivity index (χ1v) is 3.59. The Labute approximate surface area is 71.4 Å². The molecule has 0 N–H and O–H groups in total. The molecule has 1 unspecified atom stereocenters. The van der Waals surface area contributed by atoms with Crippen LogP contribution in [0.5, 0.6) is 0 Å². The summed E-state index contributed by atoms with van der Waals surface area (Å²) in [4.78, 5) is 10.9. The highest BCUT2D eigenvalue weighted by molar-refractivity contribution is 5.74. The van der Waals surface area contributed by atoms with Crippen LogP contribution in [0.3, 0.4) is 0 Å². The number of nitriles is 1. The largest absolute Gasteiger partial charge is 0.486 e. The minimum Gasteiger partial charge on any atom is -0.486 e. The van der Waals surface area contributed by atoms with Gasteiger partial charge in [-0.25, -0.2) is 4.79 Å². The van der Waals surface area contributed by atoms with Gasteiger partial charge in [0.1, 0.15) is 0 Å². The fraction of sp³-hybridized carbons (Fsp3) is 0.500. The topological polar surface area (TPSA) is 59.3 Å². The highest BCUT2D eigenvalue weighted by Gasteiger charge is 2.12. The Morgan fingerprint density at radius 2 is 2.42 bits per heavy atom. The van der Waals surface area contributed by atoms with Crippen LogP contribution < -0.4 is 0 Å². The summed E-state index contributed by atoms with van der Waals surface area (Å²) in [7, 11) is 0. The Morgan fingerprint density at radius 1 is 1.75 bits per heavy atom. The number of hydrogen-bond acceptors (Lipinski definition) is 4. The molecule has 0 aromatic rings. The molecule has 0 radical (unpaired) electrons. The molecule has 0 saturated heterocycles. The molecule has 0 bridgehead atoms. The van der Waals surface area contributed by atoms with Crippen LogP contribution in [0.15, 0.2) is 12.3 Å². The maximum absolute atomic E-state index is 10.9. The number of carbonyl (C=O) groups is 1. The van der Waals surface area contributed by atoms with E-state index in [0.717, 1.165) is 6.08 Å². The van der Waals surface area contributed by atoms with E-state index in [4.69, 9.17) is 10.00 Å². The summed E-state index contributed by atoms with van der Waals surface area (Å²) in [6.07, 6.45) is 1.66. The maximum atomic E-state index is 10.9. The second kappa shape index (κ2) is 6.23. The van der Waals surface area contributed by atoms with Crippen molar-refractivity contribution in [2.24, 2.45) is 0 Å². The standard InChI is InChI=1S/C8H11NO3/c1-3-11-8(10)7(2)12-6-4-5-9/h4,6-7H,3H2,1-2H3/b6-4-. The number of ether oxygens (including phenoxy) is 2. The van der Waals surface area contributed by atoms with E-state index in [9.17, 15) is 4.79 Å². The van der Waals surface area contributed by atoms with E-state index >= 15 is 0 Å². The van der Waals surface area contributed by atoms with Crippen LogP contribution in [0.4, 0.5) is 0 Å². The van der Waals surface area contributed by atoms with Crippen LogP contribution >= 0.6 is 0 Å². The van der Waals surface area contributed by atoms with Crippen molar-refractivity contribution in [3.05, 3.63) is 12.3 Å². The minimum atomic E-state index is -0.658. The van der Waals surface area contributed by atoms with Gasteiger partial charge in [-0.05, 0) is 13.8 Å². The second-order valence-corrected chi connectivity index (χ2v) is 1.96. The first-order chi connectivity index (χ1) is 5.72. The van der Waals surface area contributed by atoms with Gasteiger partial charge in [-0.3, -0.25) is 0 Å². The van der Waals surface area contributed by atoms with Gasteiger partial charge in [0.15, 0.2) is 6.10 Å². The summed E-state index contributed by atoms with van der Waals surface area (Å²) in [5, 5.41) is 8.09. The van der Waals surface area contributed by atoms with Crippen LogP contribution in [0.2, 0.25) is 0 Å². The van der Waals surface area contributed by atoms with Gasteiger partial charge >= 0.3 is 5.97 Å². The van der Waals surface area contributed by atoms with E-state index < -0.39 is 12.1 Å². The van der Waals surface area contributed by atoms with E-state index in [0.29, 0.717) is 6.61 Å². The summed E-state index contributed by atoms with van der Waals surface area (Å²) in [5.74, 6) is -0.430. The zero-order valence-electron chi connectivity index (χ0n) is 7.11. The smallest absolute Gasteiger partial charge is 0.346 e. The SMILES string of the molecule is CCOC(=O)C(C)O/C=C\C#N. The molecule has 66 valence electrons. The molecule has 0 aliphatic carbocycles. The number of esters is 1. The lowest BCUT2D eigenvalue weighted by molar-refractivity contribution is -0.152. The lowest BCUT2D eigenvalue weighted by Gasteiger charge is -2.08. The molecule has 12 heavy (non-hydrogen) atoms. The molecule has 0 fully saturated rings. The van der Waals surface area contributed by atoms with Crippen LogP contribution in [-0.2, 0) is 14.3 Å². The lowest BCUT2D eigenvalue weighted by Crippen LogP contribution is -2.21. The summed E-state index contributed by atoms with van der Waals surface area (Å²) >= 11 is 0. The number of carbonyl (C=O) groups excluding carboxylic acids is 1. The lowest BCUT2D eigenvalue weighted by atomic mass is 10.4. The average molecular weight is 169 g/mol. The van der Waals surface area contributed by atoms with Gasteiger partial charge in [-0.15, -0.1) is 0 Å². The Balaban J connectivity index is 3.72. The summed E-state index contributed by atoms with van der Waals surface area (Å²) in [5.41, 5.74) is 0. The zero-order valence-corrected chi connectivity index (χ0v) is 7.11. The van der Waals surface area contributed by atoms with Crippen molar-refractivity contribution in [2.45, 2.75) is 20.0 Å². The molecule has 0 aromatic carbocycles. The third kappa shape index (κ3) is 4.34. The average Bonchev–Trinajstić information content (AvgIpc) is 2.05. The van der Waals surface area contributed by atoms with Crippen molar-refractivity contribution >= 4 is 5.97 Å². The third-order valence-corrected chi connectivity index (χ3v) is 1.04. The van der Waals surface area contributed by atoms with Crippen LogP contribution in [-0.4, -0.2) is 18.7 Å². The predicted octanol–water partition coefficient (Wildman–Crippen LogP) is 0.992. The van der Waals surface area contributed by atoms with Crippen LogP contribution in [0.1, 0.15) is 13.8 Å². The summed E-state index contributed by atoms with van der Waals surface area (Å²) < 4.78 is 9.47. The number of rotatable bonds is 4. The zero-order chi connectivity index (χ0) is 9.40. The predicted molar refractivity (Wildman–Crippen MR) is 41.9 cm³/mol. The fourth-order valence-electron chi connectivity index (χ4n) is 0.503. The highest BCUT2D eigenvalue weighted by Crippen LogP contribution is 1.94. The van der Waals surface area contributed by atoms with Crippen molar-refractivity contribution in [3.8, 4) is 6.07 Å². The molecule has 0 amide bonds. The monoisotopic (exact) mass is 169 g/mol. The molecule has 4 heteroatoms. The molecule has 0 heterocycles. The van der Waals surface area contributed by atoms with Crippen molar-refractivity contribution < 1.29 is 14.3 Å². The van der Waals surface area contributed by atoms with Gasteiger partial charge < -0.3 is 9.47 Å². The summed E-state index contributed by atoms with van der Waals surface area (Å²) in [6.45, 7) is 3.60. The quantitative estimate of drug-likeness (QED) is 0.357. The van der Waals surface area contributed by atoms with E-state index in [1.807, 2.05) is 0 Å². The number of allylic oxidation sites excluding steroid dienone is 1. The van der Waals surface area contributed by atoms with E-state index in [1.54, 1.807) is 19.9 Å².